The lowest BCUT2D eigenvalue weighted by Crippen LogP contribution is -1.94. The molecule has 5 heteroatoms. The van der Waals surface area contributed by atoms with E-state index >= 15 is 0 Å². The molecule has 0 saturated heterocycles. The molecule has 0 amide bonds. The first-order chi connectivity index (χ1) is 9.08. The molecule has 3 rings (SSSR count). The maximum atomic E-state index is 6.22. The van der Waals surface area contributed by atoms with Gasteiger partial charge in [-0.2, -0.15) is 0 Å². The molecule has 2 N–H and O–H groups in total. The summed E-state index contributed by atoms with van der Waals surface area (Å²) in [6.45, 7) is 2.00. The largest absolute Gasteiger partial charge is 0.383 e. The van der Waals surface area contributed by atoms with Crippen LogP contribution in [0.4, 0.5) is 5.82 Å². The molecule has 2 aromatic heterocycles. The molecular formula is C14H11Cl2N3. The summed E-state index contributed by atoms with van der Waals surface area (Å²) in [5.41, 5.74) is 9.45. The standard InChI is InChI=1S/C14H11Cl2N3/c1-8-5-6-11-18-13(14(17)19(11)7-8)9-3-2-4-10(15)12(9)16/h2-7H,17H2,1H3. The molecule has 3 aromatic rings. The number of nitrogens with zero attached hydrogens (tertiary/aromatic N) is 2. The van der Waals surface area contributed by atoms with Gasteiger partial charge in [0, 0.05) is 11.8 Å². The Kier molecular flexibility index (Phi) is 2.88. The van der Waals surface area contributed by atoms with Gasteiger partial charge in [0.1, 0.15) is 17.2 Å². The van der Waals surface area contributed by atoms with Crippen LogP contribution in [0.3, 0.4) is 0 Å². The van der Waals surface area contributed by atoms with Crippen LogP contribution in [0.15, 0.2) is 36.5 Å². The number of anilines is 1. The number of aromatic nitrogens is 2. The van der Waals surface area contributed by atoms with Gasteiger partial charge < -0.3 is 5.73 Å². The lowest BCUT2D eigenvalue weighted by atomic mass is 10.1. The number of pyridine rings is 1. The van der Waals surface area contributed by atoms with Crippen molar-refractivity contribution in [1.29, 1.82) is 0 Å². The van der Waals surface area contributed by atoms with Crippen LogP contribution >= 0.6 is 23.2 Å². The average molecular weight is 292 g/mol. The van der Waals surface area contributed by atoms with Gasteiger partial charge in [-0.3, -0.25) is 4.40 Å². The fraction of sp³-hybridized carbons (Fsp3) is 0.0714. The lowest BCUT2D eigenvalue weighted by molar-refractivity contribution is 1.16. The van der Waals surface area contributed by atoms with E-state index in [0.717, 1.165) is 16.8 Å². The predicted octanol–water partition coefficient (Wildman–Crippen LogP) is 4.20. The molecule has 0 spiro atoms. The molecule has 0 atom stereocenters. The van der Waals surface area contributed by atoms with Gasteiger partial charge in [0.2, 0.25) is 0 Å². The molecule has 0 fully saturated rings. The highest BCUT2D eigenvalue weighted by Crippen LogP contribution is 2.36. The van der Waals surface area contributed by atoms with Crippen LogP contribution in [-0.4, -0.2) is 9.38 Å². The van der Waals surface area contributed by atoms with E-state index in [-0.39, 0.29) is 0 Å². The third kappa shape index (κ3) is 1.95. The Morgan fingerprint density at radius 3 is 2.74 bits per heavy atom. The van der Waals surface area contributed by atoms with Crippen LogP contribution in [0.2, 0.25) is 10.0 Å². The minimum absolute atomic E-state index is 0.469. The number of benzene rings is 1. The van der Waals surface area contributed by atoms with Gasteiger partial charge in [0.25, 0.3) is 0 Å². The normalized spacial score (nSPS) is 11.1. The Morgan fingerprint density at radius 2 is 1.95 bits per heavy atom. The number of aryl methyl sites for hydroxylation is 1. The zero-order chi connectivity index (χ0) is 13.6. The predicted molar refractivity (Wildman–Crippen MR) is 79.8 cm³/mol. The van der Waals surface area contributed by atoms with Crippen molar-refractivity contribution in [3.63, 3.8) is 0 Å². The number of halogens is 2. The van der Waals surface area contributed by atoms with Crippen molar-refractivity contribution >= 4 is 34.7 Å². The highest BCUT2D eigenvalue weighted by molar-refractivity contribution is 6.43. The summed E-state index contributed by atoms with van der Waals surface area (Å²) in [6, 6.07) is 9.35. The van der Waals surface area contributed by atoms with Crippen LogP contribution < -0.4 is 5.73 Å². The van der Waals surface area contributed by atoms with Gasteiger partial charge in [0.05, 0.1) is 10.0 Å². The van der Waals surface area contributed by atoms with E-state index in [0.29, 0.717) is 21.6 Å². The molecule has 0 radical (unpaired) electrons. The Bertz CT molecular complexity index is 778. The summed E-state index contributed by atoms with van der Waals surface area (Å²) in [5.74, 6) is 0.558. The second-order valence-corrected chi connectivity index (χ2v) is 5.17. The molecule has 0 bridgehead atoms. The van der Waals surface area contributed by atoms with E-state index in [1.54, 1.807) is 6.07 Å². The zero-order valence-electron chi connectivity index (χ0n) is 10.2. The van der Waals surface area contributed by atoms with Crippen molar-refractivity contribution in [3.8, 4) is 11.3 Å². The summed E-state index contributed by atoms with van der Waals surface area (Å²) < 4.78 is 1.85. The van der Waals surface area contributed by atoms with Crippen molar-refractivity contribution in [2.75, 3.05) is 5.73 Å². The number of hydrogen-bond acceptors (Lipinski definition) is 2. The number of hydrogen-bond donors (Lipinski definition) is 1. The van der Waals surface area contributed by atoms with Gasteiger partial charge in [-0.15, -0.1) is 0 Å². The summed E-state index contributed by atoms with van der Waals surface area (Å²) in [4.78, 5) is 4.52. The summed E-state index contributed by atoms with van der Waals surface area (Å²) in [7, 11) is 0. The Balaban J connectivity index is 2.31. The Hall–Kier alpha value is -1.71. The number of nitrogens with two attached hydrogens (primary N) is 1. The molecule has 0 saturated carbocycles. The Morgan fingerprint density at radius 1 is 1.16 bits per heavy atom. The van der Waals surface area contributed by atoms with Crippen molar-refractivity contribution < 1.29 is 0 Å². The molecule has 3 nitrogen and oxygen atoms in total. The number of imidazole rings is 1. The number of rotatable bonds is 1. The average Bonchev–Trinajstić information content (AvgIpc) is 2.70. The van der Waals surface area contributed by atoms with Crippen molar-refractivity contribution in [3.05, 3.63) is 52.1 Å². The second-order valence-electron chi connectivity index (χ2n) is 4.38. The minimum Gasteiger partial charge on any atom is -0.383 e. The quantitative estimate of drug-likeness (QED) is 0.730. The molecule has 0 aliphatic rings. The first kappa shape index (κ1) is 12.3. The van der Waals surface area contributed by atoms with Crippen molar-refractivity contribution in [1.82, 2.24) is 9.38 Å². The van der Waals surface area contributed by atoms with E-state index in [4.69, 9.17) is 28.9 Å². The van der Waals surface area contributed by atoms with Crippen LogP contribution in [0.5, 0.6) is 0 Å². The second kappa shape index (κ2) is 4.44. The Labute approximate surface area is 120 Å². The molecule has 19 heavy (non-hydrogen) atoms. The van der Waals surface area contributed by atoms with E-state index in [1.807, 2.05) is 41.8 Å². The first-order valence-electron chi connectivity index (χ1n) is 5.76. The van der Waals surface area contributed by atoms with Crippen LogP contribution in [0.25, 0.3) is 16.9 Å². The fourth-order valence-electron chi connectivity index (χ4n) is 2.05. The highest BCUT2D eigenvalue weighted by atomic mass is 35.5. The molecule has 96 valence electrons. The summed E-state index contributed by atoms with van der Waals surface area (Å²) in [6.07, 6.45) is 1.94. The molecule has 0 aliphatic carbocycles. The monoisotopic (exact) mass is 291 g/mol. The summed E-state index contributed by atoms with van der Waals surface area (Å²) >= 11 is 12.3. The van der Waals surface area contributed by atoms with Gasteiger partial charge in [0.15, 0.2) is 0 Å². The fourth-order valence-corrected chi connectivity index (χ4v) is 2.44. The maximum Gasteiger partial charge on any atom is 0.139 e. The van der Waals surface area contributed by atoms with Crippen molar-refractivity contribution in [2.45, 2.75) is 6.92 Å². The number of fused-ring (bicyclic) bond motifs is 1. The van der Waals surface area contributed by atoms with E-state index in [1.165, 1.54) is 0 Å². The molecule has 0 unspecified atom stereocenters. The number of nitrogen functional groups attached to an aromatic ring is 1. The van der Waals surface area contributed by atoms with E-state index in [2.05, 4.69) is 4.98 Å². The molecule has 2 heterocycles. The van der Waals surface area contributed by atoms with E-state index < -0.39 is 0 Å². The molecule has 0 aliphatic heterocycles. The first-order valence-corrected chi connectivity index (χ1v) is 6.52. The SMILES string of the molecule is Cc1ccc2nc(-c3cccc(Cl)c3Cl)c(N)n2c1. The zero-order valence-corrected chi connectivity index (χ0v) is 11.7. The molecule has 1 aromatic carbocycles. The highest BCUT2D eigenvalue weighted by Gasteiger charge is 2.15. The maximum absolute atomic E-state index is 6.22. The molecular weight excluding hydrogens is 281 g/mol. The third-order valence-corrected chi connectivity index (χ3v) is 3.83. The smallest absolute Gasteiger partial charge is 0.139 e. The van der Waals surface area contributed by atoms with Gasteiger partial charge >= 0.3 is 0 Å². The van der Waals surface area contributed by atoms with Gasteiger partial charge in [-0.05, 0) is 24.6 Å². The van der Waals surface area contributed by atoms with Crippen LogP contribution in [-0.2, 0) is 0 Å². The van der Waals surface area contributed by atoms with Gasteiger partial charge in [-0.1, -0.05) is 41.4 Å². The van der Waals surface area contributed by atoms with E-state index in [9.17, 15) is 0 Å². The lowest BCUT2D eigenvalue weighted by Gasteiger charge is -2.03. The van der Waals surface area contributed by atoms with Crippen LogP contribution in [0, 0.1) is 6.92 Å². The summed E-state index contributed by atoms with van der Waals surface area (Å²) in [5, 5.41) is 0.961. The third-order valence-electron chi connectivity index (χ3n) is 3.01. The minimum atomic E-state index is 0.469. The van der Waals surface area contributed by atoms with Crippen LogP contribution in [0.1, 0.15) is 5.56 Å². The van der Waals surface area contributed by atoms with Crippen molar-refractivity contribution in [2.24, 2.45) is 0 Å². The topological polar surface area (TPSA) is 43.3 Å². The van der Waals surface area contributed by atoms with Gasteiger partial charge in [-0.25, -0.2) is 4.98 Å².